The second-order valence-electron chi connectivity index (χ2n) is 7.51. The number of amides is 1. The van der Waals surface area contributed by atoms with Crippen LogP contribution in [0.15, 0.2) is 35.8 Å². The summed E-state index contributed by atoms with van der Waals surface area (Å²) in [5.41, 5.74) is 0.532. The Balaban J connectivity index is 1.98. The summed E-state index contributed by atoms with van der Waals surface area (Å²) in [6.07, 6.45) is 0.790. The van der Waals surface area contributed by atoms with Crippen LogP contribution in [0, 0.1) is 10.1 Å². The van der Waals surface area contributed by atoms with Gasteiger partial charge in [-0.05, 0) is 20.8 Å². The molecule has 11 heteroatoms. The van der Waals surface area contributed by atoms with Crippen molar-refractivity contribution in [2.75, 3.05) is 0 Å². The first-order chi connectivity index (χ1) is 14.0. The third-order valence-corrected chi connectivity index (χ3v) is 4.83. The Morgan fingerprint density at radius 3 is 2.77 bits per heavy atom. The van der Waals surface area contributed by atoms with Gasteiger partial charge in [-0.15, -0.1) is 11.3 Å². The van der Waals surface area contributed by atoms with Crippen LogP contribution in [0.5, 0.6) is 0 Å². The van der Waals surface area contributed by atoms with Crippen molar-refractivity contribution in [1.29, 1.82) is 0 Å². The summed E-state index contributed by atoms with van der Waals surface area (Å²) < 4.78 is 6.87. The molecule has 0 bridgehead atoms. The zero-order valence-corrected chi connectivity index (χ0v) is 17.3. The molecule has 1 aromatic carbocycles. The van der Waals surface area contributed by atoms with Crippen LogP contribution >= 0.6 is 11.3 Å². The Morgan fingerprint density at radius 1 is 1.40 bits per heavy atom. The van der Waals surface area contributed by atoms with Gasteiger partial charge in [0, 0.05) is 35.7 Å². The number of carboxylic acids is 1. The van der Waals surface area contributed by atoms with Crippen LogP contribution in [0.1, 0.15) is 26.5 Å². The molecular formula is C19H20N4O6S. The highest BCUT2D eigenvalue weighted by atomic mass is 32.1. The van der Waals surface area contributed by atoms with Gasteiger partial charge in [0.15, 0.2) is 4.96 Å². The van der Waals surface area contributed by atoms with E-state index < -0.39 is 28.6 Å². The van der Waals surface area contributed by atoms with Gasteiger partial charge in [0.1, 0.15) is 11.6 Å². The number of thiazole rings is 1. The number of ether oxygens (including phenoxy) is 1. The molecule has 2 heterocycles. The molecule has 0 spiro atoms. The average Bonchev–Trinajstić information content (AvgIpc) is 3.22. The molecule has 10 nitrogen and oxygen atoms in total. The summed E-state index contributed by atoms with van der Waals surface area (Å²) in [6.45, 7) is 5.03. The SMILES string of the molecule is CC(C)(C)OC(=O)NC(Cc1c(-c2cccc([N+](=O)[O-])c2)nc2sccn12)C(=O)O. The Bertz CT molecular complexity index is 1110. The molecule has 0 aliphatic heterocycles. The quantitative estimate of drug-likeness (QED) is 0.449. The number of carbonyl (C=O) groups is 2. The first kappa shape index (κ1) is 21.2. The lowest BCUT2D eigenvalue weighted by atomic mass is 10.0. The molecule has 0 aliphatic rings. The lowest BCUT2D eigenvalue weighted by Crippen LogP contribution is -2.44. The summed E-state index contributed by atoms with van der Waals surface area (Å²) >= 11 is 1.34. The zero-order chi connectivity index (χ0) is 22.1. The molecular weight excluding hydrogens is 412 g/mol. The van der Waals surface area contributed by atoms with E-state index in [2.05, 4.69) is 10.3 Å². The minimum atomic E-state index is -1.28. The van der Waals surface area contributed by atoms with Crippen molar-refractivity contribution in [3.05, 3.63) is 51.7 Å². The van der Waals surface area contributed by atoms with E-state index in [-0.39, 0.29) is 12.1 Å². The summed E-state index contributed by atoms with van der Waals surface area (Å²) in [4.78, 5) is 39.7. The number of carboxylic acid groups (broad SMARTS) is 1. The van der Waals surface area contributed by atoms with Crippen molar-refractivity contribution in [1.82, 2.24) is 14.7 Å². The molecule has 2 aromatic heterocycles. The number of alkyl carbamates (subject to hydrolysis) is 1. The fourth-order valence-corrected chi connectivity index (χ4v) is 3.60. The number of nitro groups is 1. The molecule has 3 rings (SSSR count). The van der Waals surface area contributed by atoms with E-state index in [4.69, 9.17) is 4.74 Å². The van der Waals surface area contributed by atoms with Crippen molar-refractivity contribution >= 4 is 34.0 Å². The summed E-state index contributed by atoms with van der Waals surface area (Å²) in [5.74, 6) is -1.24. The summed E-state index contributed by atoms with van der Waals surface area (Å²) in [7, 11) is 0. The molecule has 3 aromatic rings. The number of carbonyl (C=O) groups excluding carboxylic acids is 1. The van der Waals surface area contributed by atoms with Gasteiger partial charge >= 0.3 is 12.1 Å². The van der Waals surface area contributed by atoms with Crippen LogP contribution in [0.2, 0.25) is 0 Å². The number of hydrogen-bond acceptors (Lipinski definition) is 7. The minimum absolute atomic E-state index is 0.0928. The van der Waals surface area contributed by atoms with E-state index in [1.165, 1.54) is 29.5 Å². The van der Waals surface area contributed by atoms with E-state index in [0.717, 1.165) is 0 Å². The van der Waals surface area contributed by atoms with Gasteiger partial charge in [-0.2, -0.15) is 0 Å². The molecule has 0 aliphatic carbocycles. The number of hydrogen-bond donors (Lipinski definition) is 2. The van der Waals surface area contributed by atoms with Gasteiger partial charge in [-0.1, -0.05) is 12.1 Å². The predicted molar refractivity (Wildman–Crippen MR) is 110 cm³/mol. The lowest BCUT2D eigenvalue weighted by molar-refractivity contribution is -0.384. The van der Waals surface area contributed by atoms with Crippen LogP contribution < -0.4 is 5.32 Å². The number of rotatable bonds is 6. The van der Waals surface area contributed by atoms with Gasteiger partial charge in [0.05, 0.1) is 16.3 Å². The minimum Gasteiger partial charge on any atom is -0.480 e. The normalized spacial score (nSPS) is 12.5. The molecule has 0 saturated heterocycles. The molecule has 0 fully saturated rings. The molecule has 158 valence electrons. The molecule has 1 amide bonds. The molecule has 0 saturated carbocycles. The molecule has 1 unspecified atom stereocenters. The Hall–Kier alpha value is -3.47. The van der Waals surface area contributed by atoms with Gasteiger partial charge in [-0.25, -0.2) is 14.6 Å². The molecule has 1 atom stereocenters. The topological polar surface area (TPSA) is 136 Å². The highest BCUT2D eigenvalue weighted by Gasteiger charge is 2.28. The van der Waals surface area contributed by atoms with Gasteiger partial charge in [0.2, 0.25) is 0 Å². The van der Waals surface area contributed by atoms with E-state index in [0.29, 0.717) is 21.9 Å². The van der Waals surface area contributed by atoms with Crippen LogP contribution in [0.3, 0.4) is 0 Å². The van der Waals surface area contributed by atoms with E-state index in [1.54, 1.807) is 42.8 Å². The second kappa shape index (κ2) is 8.11. The maximum Gasteiger partial charge on any atom is 0.408 e. The van der Waals surface area contributed by atoms with Crippen molar-refractivity contribution in [3.8, 4) is 11.3 Å². The maximum atomic E-state index is 12.1. The van der Waals surface area contributed by atoms with E-state index in [9.17, 15) is 24.8 Å². The van der Waals surface area contributed by atoms with E-state index >= 15 is 0 Å². The number of nitrogens with one attached hydrogen (secondary N) is 1. The first-order valence-electron chi connectivity index (χ1n) is 8.97. The fraction of sp³-hybridized carbons (Fsp3) is 0.316. The van der Waals surface area contributed by atoms with Crippen LogP contribution in [0.4, 0.5) is 10.5 Å². The molecule has 2 N–H and O–H groups in total. The third kappa shape index (κ3) is 4.74. The smallest absolute Gasteiger partial charge is 0.408 e. The van der Waals surface area contributed by atoms with Crippen LogP contribution in [-0.4, -0.2) is 43.1 Å². The van der Waals surface area contributed by atoms with Gasteiger partial charge in [0.25, 0.3) is 5.69 Å². The van der Waals surface area contributed by atoms with Crippen molar-refractivity contribution in [2.24, 2.45) is 0 Å². The number of aromatic nitrogens is 2. The van der Waals surface area contributed by atoms with Crippen molar-refractivity contribution in [2.45, 2.75) is 38.8 Å². The molecule has 0 radical (unpaired) electrons. The summed E-state index contributed by atoms with van der Waals surface area (Å²) in [5, 5.41) is 24.9. The number of nitrogens with zero attached hydrogens (tertiary/aromatic N) is 3. The number of fused-ring (bicyclic) bond motifs is 1. The number of imidazole rings is 1. The maximum absolute atomic E-state index is 12.1. The Labute approximate surface area is 175 Å². The predicted octanol–water partition coefficient (Wildman–Crippen LogP) is 3.49. The second-order valence-corrected chi connectivity index (χ2v) is 8.38. The van der Waals surface area contributed by atoms with Crippen molar-refractivity contribution in [3.63, 3.8) is 0 Å². The van der Waals surface area contributed by atoms with E-state index in [1.807, 2.05) is 0 Å². The number of aliphatic carboxylic acids is 1. The monoisotopic (exact) mass is 432 g/mol. The van der Waals surface area contributed by atoms with Crippen LogP contribution in [0.25, 0.3) is 16.2 Å². The standard InChI is InChI=1S/C19H20N4O6S/c1-19(2,3)29-18(26)20-13(16(24)25)10-14-15(21-17-22(14)7-8-30-17)11-5-4-6-12(9-11)23(27)28/h4-9,13H,10H2,1-3H3,(H,20,26)(H,24,25). The number of benzene rings is 1. The van der Waals surface area contributed by atoms with Crippen LogP contribution in [-0.2, 0) is 16.0 Å². The third-order valence-electron chi connectivity index (χ3n) is 4.08. The first-order valence-corrected chi connectivity index (χ1v) is 9.84. The number of nitro benzene ring substituents is 1. The highest BCUT2D eigenvalue weighted by Crippen LogP contribution is 2.30. The Morgan fingerprint density at radius 2 is 2.13 bits per heavy atom. The number of non-ortho nitro benzene ring substituents is 1. The van der Waals surface area contributed by atoms with Crippen molar-refractivity contribution < 1.29 is 24.4 Å². The highest BCUT2D eigenvalue weighted by molar-refractivity contribution is 7.15. The fourth-order valence-electron chi connectivity index (χ4n) is 2.87. The Kier molecular flexibility index (Phi) is 5.74. The molecule has 30 heavy (non-hydrogen) atoms. The summed E-state index contributed by atoms with van der Waals surface area (Å²) in [6, 6.07) is 4.67. The van der Waals surface area contributed by atoms with Gasteiger partial charge < -0.3 is 15.2 Å². The average molecular weight is 432 g/mol. The largest absolute Gasteiger partial charge is 0.480 e. The lowest BCUT2D eigenvalue weighted by Gasteiger charge is -2.22. The van der Waals surface area contributed by atoms with Gasteiger partial charge in [-0.3, -0.25) is 14.5 Å². The zero-order valence-electron chi connectivity index (χ0n) is 16.5.